The van der Waals surface area contributed by atoms with Gasteiger partial charge in [-0.1, -0.05) is 0 Å². The first-order valence-corrected chi connectivity index (χ1v) is 7.86. The summed E-state index contributed by atoms with van der Waals surface area (Å²) < 4.78 is 39.7. The van der Waals surface area contributed by atoms with Crippen molar-refractivity contribution in [2.45, 2.75) is 0 Å². The maximum absolute atomic E-state index is 12.1. The van der Waals surface area contributed by atoms with E-state index >= 15 is 0 Å². The third kappa shape index (κ3) is 3.16. The number of phenolic OH excluding ortho intramolecular Hbond substituents is 2. The molecule has 1 aromatic heterocycles. The number of rotatable bonds is 3. The first kappa shape index (κ1) is 15.8. The van der Waals surface area contributed by atoms with Gasteiger partial charge in [-0.2, -0.15) is 8.42 Å². The van der Waals surface area contributed by atoms with Crippen LogP contribution < -0.4 is 9.61 Å². The van der Waals surface area contributed by atoms with E-state index in [1.165, 1.54) is 30.3 Å². The summed E-state index contributed by atoms with van der Waals surface area (Å²) in [5, 5.41) is 19.1. The Morgan fingerprint density at radius 2 is 1.67 bits per heavy atom. The van der Waals surface area contributed by atoms with Crippen LogP contribution >= 0.6 is 0 Å². The second-order valence-corrected chi connectivity index (χ2v) is 5.87. The Labute approximate surface area is 135 Å². The largest absolute Gasteiger partial charge is 0.508 e. The van der Waals surface area contributed by atoms with Crippen molar-refractivity contribution in [3.05, 3.63) is 52.7 Å². The Morgan fingerprint density at radius 3 is 2.29 bits per heavy atom. The molecule has 0 aliphatic carbocycles. The second kappa shape index (κ2) is 5.55. The summed E-state index contributed by atoms with van der Waals surface area (Å²) in [5.74, 6) is -0.657. The lowest BCUT2D eigenvalue weighted by atomic mass is 10.1. The first-order valence-electron chi connectivity index (χ1n) is 6.50. The lowest BCUT2D eigenvalue weighted by Crippen LogP contribution is -2.06. The second-order valence-electron chi connectivity index (χ2n) is 4.85. The van der Waals surface area contributed by atoms with E-state index in [0.29, 0.717) is 5.56 Å². The number of aromatic hydroxyl groups is 2. The molecule has 9 heteroatoms. The predicted octanol–water partition coefficient (Wildman–Crippen LogP) is 2.05. The maximum atomic E-state index is 12.1. The van der Waals surface area contributed by atoms with Gasteiger partial charge in [0, 0.05) is 23.8 Å². The van der Waals surface area contributed by atoms with E-state index in [-0.39, 0.29) is 28.2 Å². The molecule has 1 heterocycles. The Morgan fingerprint density at radius 1 is 1.00 bits per heavy atom. The van der Waals surface area contributed by atoms with E-state index in [1.54, 1.807) is 0 Å². The maximum Gasteiger partial charge on any atom is 0.446 e. The SMILES string of the molecule is O=c1cc(-c2ccc(OS(=O)(=O)O)cc2)oc2cc(O)cc(O)c12. The molecular weight excluding hydrogens is 340 g/mol. The molecule has 24 heavy (non-hydrogen) atoms. The first-order chi connectivity index (χ1) is 11.2. The van der Waals surface area contributed by atoms with Crippen LogP contribution in [-0.4, -0.2) is 23.2 Å². The Balaban J connectivity index is 2.08. The van der Waals surface area contributed by atoms with Crippen LogP contribution in [0.3, 0.4) is 0 Å². The molecular formula is C15H10O8S. The Bertz CT molecular complexity index is 1080. The van der Waals surface area contributed by atoms with Gasteiger partial charge in [0.1, 0.15) is 34.0 Å². The van der Waals surface area contributed by atoms with E-state index in [2.05, 4.69) is 4.18 Å². The lowest BCUT2D eigenvalue weighted by Gasteiger charge is -2.06. The van der Waals surface area contributed by atoms with Crippen LogP contribution in [-0.2, 0) is 10.4 Å². The fourth-order valence-corrected chi connectivity index (χ4v) is 2.55. The van der Waals surface area contributed by atoms with Crippen molar-refractivity contribution in [2.75, 3.05) is 0 Å². The quantitative estimate of drug-likeness (QED) is 0.611. The smallest absolute Gasteiger partial charge is 0.446 e. The zero-order valence-corrected chi connectivity index (χ0v) is 12.6. The molecule has 2 aromatic carbocycles. The van der Waals surface area contributed by atoms with Crippen molar-refractivity contribution in [3.63, 3.8) is 0 Å². The van der Waals surface area contributed by atoms with Gasteiger partial charge in [-0.05, 0) is 24.3 Å². The van der Waals surface area contributed by atoms with Crippen molar-refractivity contribution in [1.82, 2.24) is 0 Å². The van der Waals surface area contributed by atoms with Crippen LogP contribution in [0, 0.1) is 0 Å². The minimum Gasteiger partial charge on any atom is -0.508 e. The third-order valence-electron chi connectivity index (χ3n) is 3.13. The molecule has 0 bridgehead atoms. The van der Waals surface area contributed by atoms with Gasteiger partial charge in [-0.15, -0.1) is 0 Å². The Kier molecular flexibility index (Phi) is 3.66. The summed E-state index contributed by atoms with van der Waals surface area (Å²) in [7, 11) is -4.63. The molecule has 0 aliphatic rings. The number of fused-ring (bicyclic) bond motifs is 1. The molecule has 0 aliphatic heterocycles. The minimum atomic E-state index is -4.63. The van der Waals surface area contributed by atoms with Gasteiger partial charge in [0.15, 0.2) is 5.43 Å². The molecule has 0 saturated heterocycles. The summed E-state index contributed by atoms with van der Waals surface area (Å²) in [6.07, 6.45) is 0. The van der Waals surface area contributed by atoms with Gasteiger partial charge in [-0.3, -0.25) is 9.35 Å². The molecule has 0 saturated carbocycles. The molecule has 0 amide bonds. The highest BCUT2D eigenvalue weighted by atomic mass is 32.3. The highest BCUT2D eigenvalue weighted by Crippen LogP contribution is 2.30. The summed E-state index contributed by atoms with van der Waals surface area (Å²) in [4.78, 5) is 12.1. The van der Waals surface area contributed by atoms with Gasteiger partial charge in [0.05, 0.1) is 0 Å². The van der Waals surface area contributed by atoms with Crippen molar-refractivity contribution < 1.29 is 31.8 Å². The van der Waals surface area contributed by atoms with Gasteiger partial charge in [0.2, 0.25) is 0 Å². The van der Waals surface area contributed by atoms with Gasteiger partial charge >= 0.3 is 10.4 Å². The number of hydrogen-bond acceptors (Lipinski definition) is 7. The highest BCUT2D eigenvalue weighted by molar-refractivity contribution is 7.81. The normalized spacial score (nSPS) is 11.5. The number of phenols is 2. The van der Waals surface area contributed by atoms with Crippen molar-refractivity contribution in [3.8, 4) is 28.6 Å². The summed E-state index contributed by atoms with van der Waals surface area (Å²) in [5.41, 5.74) is -0.102. The molecule has 124 valence electrons. The van der Waals surface area contributed by atoms with Crippen LogP contribution in [0.4, 0.5) is 0 Å². The fraction of sp³-hybridized carbons (Fsp3) is 0. The Hall–Kier alpha value is -3.04. The third-order valence-corrected chi connectivity index (χ3v) is 3.54. The van der Waals surface area contributed by atoms with E-state index in [9.17, 15) is 23.4 Å². The van der Waals surface area contributed by atoms with Crippen LogP contribution in [0.5, 0.6) is 17.2 Å². The van der Waals surface area contributed by atoms with E-state index in [1.807, 2.05) is 0 Å². The van der Waals surface area contributed by atoms with Crippen molar-refractivity contribution in [1.29, 1.82) is 0 Å². The van der Waals surface area contributed by atoms with Crippen LogP contribution in [0.25, 0.3) is 22.3 Å². The van der Waals surface area contributed by atoms with Gasteiger partial charge in [-0.25, -0.2) is 0 Å². The van der Waals surface area contributed by atoms with E-state index in [0.717, 1.165) is 12.1 Å². The van der Waals surface area contributed by atoms with E-state index in [4.69, 9.17) is 8.97 Å². The van der Waals surface area contributed by atoms with Crippen LogP contribution in [0.15, 0.2) is 51.7 Å². The zero-order valence-electron chi connectivity index (χ0n) is 11.8. The zero-order chi connectivity index (χ0) is 17.5. The molecule has 3 N–H and O–H groups in total. The summed E-state index contributed by atoms with van der Waals surface area (Å²) in [6, 6.07) is 8.70. The molecule has 8 nitrogen and oxygen atoms in total. The lowest BCUT2D eigenvalue weighted by molar-refractivity contribution is 0.387. The van der Waals surface area contributed by atoms with Crippen LogP contribution in [0.2, 0.25) is 0 Å². The summed E-state index contributed by atoms with van der Waals surface area (Å²) >= 11 is 0. The van der Waals surface area contributed by atoms with Gasteiger partial charge in [0.25, 0.3) is 0 Å². The number of hydrogen-bond donors (Lipinski definition) is 3. The molecule has 0 fully saturated rings. The van der Waals surface area contributed by atoms with E-state index < -0.39 is 21.6 Å². The average molecular weight is 350 g/mol. The predicted molar refractivity (Wildman–Crippen MR) is 83.4 cm³/mol. The molecule has 3 aromatic rings. The topological polar surface area (TPSA) is 134 Å². The fourth-order valence-electron chi connectivity index (χ4n) is 2.19. The average Bonchev–Trinajstić information content (AvgIpc) is 2.45. The monoisotopic (exact) mass is 350 g/mol. The van der Waals surface area contributed by atoms with Gasteiger partial charge < -0.3 is 18.8 Å². The molecule has 0 atom stereocenters. The highest BCUT2D eigenvalue weighted by Gasteiger charge is 2.13. The summed E-state index contributed by atoms with van der Waals surface area (Å²) in [6.45, 7) is 0. The van der Waals surface area contributed by atoms with Crippen LogP contribution in [0.1, 0.15) is 0 Å². The minimum absolute atomic E-state index is 0.00624. The molecule has 0 unspecified atom stereocenters. The van der Waals surface area contributed by atoms with Crippen molar-refractivity contribution >= 4 is 21.4 Å². The number of benzene rings is 2. The molecule has 0 radical (unpaired) electrons. The standard InChI is InChI=1S/C15H10O8S/c16-9-5-11(17)15-12(18)7-13(22-14(15)6-9)8-1-3-10(4-2-8)23-24(19,20)21/h1-7,16-17H,(H,19,20,21). The van der Waals surface area contributed by atoms with Crippen molar-refractivity contribution in [2.24, 2.45) is 0 Å². The molecule has 3 rings (SSSR count). The molecule has 0 spiro atoms.